The van der Waals surface area contributed by atoms with Crippen LogP contribution in [0.3, 0.4) is 0 Å². The Morgan fingerprint density at radius 1 is 0.846 bits per heavy atom. The van der Waals surface area contributed by atoms with E-state index in [4.69, 9.17) is 17.2 Å². The molecule has 1 heterocycles. The maximum atomic E-state index is 13.1. The minimum absolute atomic E-state index is 0.0773. The Hall–Kier alpha value is -4.46. The molecular weight excluding hydrogens is 510 g/mol. The van der Waals surface area contributed by atoms with Crippen molar-refractivity contribution in [3.05, 3.63) is 36.0 Å². The van der Waals surface area contributed by atoms with Gasteiger partial charge in [0.2, 0.25) is 29.5 Å². The number of amides is 5. The highest BCUT2D eigenvalue weighted by Gasteiger charge is 2.32. The number of carboxylic acids is 1. The highest BCUT2D eigenvalue weighted by molar-refractivity contribution is 5.96. The largest absolute Gasteiger partial charge is 0.480 e. The zero-order valence-corrected chi connectivity index (χ0v) is 21.7. The van der Waals surface area contributed by atoms with Crippen LogP contribution >= 0.6 is 0 Å². The second kappa shape index (κ2) is 13.9. The Morgan fingerprint density at radius 3 is 2.00 bits per heavy atom. The molecule has 39 heavy (non-hydrogen) atoms. The van der Waals surface area contributed by atoms with Crippen LogP contribution in [-0.2, 0) is 35.2 Å². The number of carbonyl (C=O) groups is 6. The number of nitrogens with one attached hydrogen (secondary N) is 4. The molecule has 2 rings (SSSR count). The first-order valence-electron chi connectivity index (χ1n) is 12.3. The number of rotatable bonds is 15. The van der Waals surface area contributed by atoms with Gasteiger partial charge in [-0.1, -0.05) is 32.0 Å². The zero-order valence-electron chi connectivity index (χ0n) is 21.7. The van der Waals surface area contributed by atoms with Crippen molar-refractivity contribution in [1.29, 1.82) is 0 Å². The molecule has 0 saturated heterocycles. The van der Waals surface area contributed by atoms with Crippen molar-refractivity contribution >= 4 is 46.4 Å². The summed E-state index contributed by atoms with van der Waals surface area (Å²) in [5.74, 6) is -5.73. The molecule has 0 aliphatic carbocycles. The molecule has 0 radical (unpaired) electrons. The number of aliphatic carboxylic acids is 1. The zero-order chi connectivity index (χ0) is 29.3. The first kappa shape index (κ1) is 30.8. The number of carboxylic acid groups (broad SMARTS) is 1. The van der Waals surface area contributed by atoms with E-state index in [2.05, 4.69) is 20.9 Å². The van der Waals surface area contributed by atoms with Gasteiger partial charge in [-0.05, 0) is 24.0 Å². The molecule has 0 spiro atoms. The third-order valence-corrected chi connectivity index (χ3v) is 5.85. The quantitative estimate of drug-likeness (QED) is 0.129. The number of aromatic amines is 1. The average molecular weight is 546 g/mol. The smallest absolute Gasteiger partial charge is 0.326 e. The maximum Gasteiger partial charge on any atom is 0.326 e. The van der Waals surface area contributed by atoms with Crippen LogP contribution in [0.25, 0.3) is 10.9 Å². The molecule has 0 saturated carbocycles. The second-order valence-electron chi connectivity index (χ2n) is 9.66. The Bertz CT molecular complexity index is 1230. The van der Waals surface area contributed by atoms with Gasteiger partial charge in [0.15, 0.2) is 0 Å². The van der Waals surface area contributed by atoms with E-state index in [-0.39, 0.29) is 18.8 Å². The number of aromatic nitrogens is 1. The molecular formula is C25H35N7O7. The van der Waals surface area contributed by atoms with Gasteiger partial charge in [0.1, 0.15) is 18.1 Å². The van der Waals surface area contributed by atoms with Crippen LogP contribution in [0.4, 0.5) is 0 Å². The number of carbonyl (C=O) groups excluding carboxylic acids is 5. The molecule has 0 aliphatic rings. The first-order chi connectivity index (χ1) is 18.3. The molecule has 0 aliphatic heterocycles. The van der Waals surface area contributed by atoms with Gasteiger partial charge in [0, 0.05) is 23.5 Å². The fourth-order valence-corrected chi connectivity index (χ4v) is 3.97. The summed E-state index contributed by atoms with van der Waals surface area (Å²) in [7, 11) is 0. The van der Waals surface area contributed by atoms with Crippen LogP contribution in [0.5, 0.6) is 0 Å². The monoisotopic (exact) mass is 545 g/mol. The summed E-state index contributed by atoms with van der Waals surface area (Å²) in [5, 5.41) is 17.7. The Kier molecular flexibility index (Phi) is 11.0. The Balaban J connectivity index is 2.19. The predicted octanol–water partition coefficient (Wildman–Crippen LogP) is -1.63. The van der Waals surface area contributed by atoms with Crippen LogP contribution < -0.4 is 33.2 Å². The van der Waals surface area contributed by atoms with Crippen molar-refractivity contribution in [1.82, 2.24) is 20.9 Å². The number of nitrogens with two attached hydrogens (primary N) is 3. The SMILES string of the molecule is CC(C)CC(NC(=O)C(N)CC(N)=O)C(=O)NC(CC(N)=O)C(=O)NC(Cc1c[nH]c2ccccc12)C(=O)O. The van der Waals surface area contributed by atoms with Crippen molar-refractivity contribution in [2.45, 2.75) is 63.7 Å². The molecule has 1 aromatic carbocycles. The number of benzene rings is 1. The van der Waals surface area contributed by atoms with Gasteiger partial charge in [0.25, 0.3) is 0 Å². The summed E-state index contributed by atoms with van der Waals surface area (Å²) >= 11 is 0. The molecule has 14 heteroatoms. The van der Waals surface area contributed by atoms with Gasteiger partial charge < -0.3 is 43.2 Å². The Labute approximate surface area is 224 Å². The van der Waals surface area contributed by atoms with Gasteiger partial charge in [-0.2, -0.15) is 0 Å². The molecule has 1 aromatic heterocycles. The van der Waals surface area contributed by atoms with Crippen LogP contribution in [0, 0.1) is 5.92 Å². The van der Waals surface area contributed by atoms with E-state index >= 15 is 0 Å². The summed E-state index contributed by atoms with van der Waals surface area (Å²) in [6, 6.07) is 1.84. The standard InChI is InChI=1S/C25H35N7O7/c1-12(2)7-17(30-22(35)15(26)9-20(27)33)23(36)31-18(10-21(28)34)24(37)32-19(25(38)39)8-13-11-29-16-6-4-3-5-14(13)16/h3-6,11-12,15,17-19,29H,7-10,26H2,1-2H3,(H2,27,33)(H2,28,34)(H,30,35)(H,31,36)(H,32,37)(H,38,39). The molecule has 5 amide bonds. The topological polar surface area (TPSA) is 253 Å². The van der Waals surface area contributed by atoms with Crippen LogP contribution in [0.15, 0.2) is 30.5 Å². The van der Waals surface area contributed by atoms with Crippen molar-refractivity contribution < 1.29 is 33.9 Å². The van der Waals surface area contributed by atoms with Gasteiger partial charge in [-0.25, -0.2) is 4.79 Å². The van der Waals surface area contributed by atoms with Crippen LogP contribution in [-0.4, -0.2) is 69.8 Å². The van der Waals surface area contributed by atoms with Crippen LogP contribution in [0.2, 0.25) is 0 Å². The summed E-state index contributed by atoms with van der Waals surface area (Å²) in [4.78, 5) is 76.3. The highest BCUT2D eigenvalue weighted by Crippen LogP contribution is 2.19. The Morgan fingerprint density at radius 2 is 1.41 bits per heavy atom. The molecule has 4 atom stereocenters. The summed E-state index contributed by atoms with van der Waals surface area (Å²) in [5.41, 5.74) is 17.4. The number of H-pyrrole nitrogens is 1. The van der Waals surface area contributed by atoms with Crippen molar-refractivity contribution in [3.8, 4) is 0 Å². The van der Waals surface area contributed by atoms with Gasteiger partial charge >= 0.3 is 5.97 Å². The van der Waals surface area contributed by atoms with Crippen molar-refractivity contribution in [3.63, 3.8) is 0 Å². The van der Waals surface area contributed by atoms with Gasteiger partial charge in [-0.3, -0.25) is 24.0 Å². The lowest BCUT2D eigenvalue weighted by atomic mass is 10.0. The molecule has 0 bridgehead atoms. The molecule has 14 nitrogen and oxygen atoms in total. The molecule has 2 aromatic rings. The van der Waals surface area contributed by atoms with Crippen molar-refractivity contribution in [2.24, 2.45) is 23.1 Å². The number of para-hydroxylation sites is 1. The highest BCUT2D eigenvalue weighted by atomic mass is 16.4. The lowest BCUT2D eigenvalue weighted by molar-refractivity contribution is -0.142. The number of fused-ring (bicyclic) bond motifs is 1. The average Bonchev–Trinajstić information content (AvgIpc) is 3.24. The number of primary amides is 2. The van der Waals surface area contributed by atoms with Gasteiger partial charge in [-0.15, -0.1) is 0 Å². The van der Waals surface area contributed by atoms with E-state index in [1.54, 1.807) is 32.2 Å². The lowest BCUT2D eigenvalue weighted by Crippen LogP contribution is -2.58. The molecule has 4 unspecified atom stereocenters. The molecule has 0 fully saturated rings. The van der Waals surface area contributed by atoms with E-state index in [1.165, 1.54) is 0 Å². The van der Waals surface area contributed by atoms with Crippen LogP contribution in [0.1, 0.15) is 38.7 Å². The van der Waals surface area contributed by atoms with Gasteiger partial charge in [0.05, 0.1) is 18.9 Å². The minimum Gasteiger partial charge on any atom is -0.480 e. The fourth-order valence-electron chi connectivity index (χ4n) is 3.97. The number of hydrogen-bond donors (Lipinski definition) is 8. The number of hydrogen-bond acceptors (Lipinski definition) is 7. The maximum absolute atomic E-state index is 13.1. The minimum atomic E-state index is -1.52. The van der Waals surface area contributed by atoms with E-state index in [0.29, 0.717) is 5.56 Å². The van der Waals surface area contributed by atoms with E-state index in [9.17, 15) is 33.9 Å². The second-order valence-corrected chi connectivity index (χ2v) is 9.66. The van der Waals surface area contributed by atoms with E-state index in [1.807, 2.05) is 12.1 Å². The third-order valence-electron chi connectivity index (χ3n) is 5.85. The lowest BCUT2D eigenvalue weighted by Gasteiger charge is -2.25. The molecule has 212 valence electrons. The fraction of sp³-hybridized carbons (Fsp3) is 0.440. The summed E-state index contributed by atoms with van der Waals surface area (Å²) in [6.07, 6.45) is 0.621. The summed E-state index contributed by atoms with van der Waals surface area (Å²) < 4.78 is 0. The third kappa shape index (κ3) is 9.41. The first-order valence-corrected chi connectivity index (χ1v) is 12.3. The van der Waals surface area contributed by atoms with Crippen molar-refractivity contribution in [2.75, 3.05) is 0 Å². The molecule has 11 N–H and O–H groups in total. The van der Waals surface area contributed by atoms with E-state index < -0.39 is 72.5 Å². The predicted molar refractivity (Wildman–Crippen MR) is 140 cm³/mol. The summed E-state index contributed by atoms with van der Waals surface area (Å²) in [6.45, 7) is 3.57. The normalized spacial score (nSPS) is 14.2. The van der Waals surface area contributed by atoms with E-state index in [0.717, 1.165) is 10.9 Å².